The minimum Gasteiger partial charge on any atom is -0.298 e. The molecule has 0 aromatic heterocycles. The number of rotatable bonds is 4. The zero-order valence-electron chi connectivity index (χ0n) is 13.2. The largest absolute Gasteiger partial charge is 0.298 e. The molecule has 0 spiro atoms. The van der Waals surface area contributed by atoms with Crippen molar-refractivity contribution in [1.82, 2.24) is 0 Å². The fourth-order valence-corrected chi connectivity index (χ4v) is 3.23. The molecule has 1 atom stereocenters. The Labute approximate surface area is 139 Å². The molecule has 0 unspecified atom stereocenters. The molecule has 0 amide bonds. The van der Waals surface area contributed by atoms with Crippen LogP contribution in [0.2, 0.25) is 0 Å². The van der Waals surface area contributed by atoms with Crippen molar-refractivity contribution in [2.24, 2.45) is 0 Å². The molecule has 0 aliphatic carbocycles. The minimum atomic E-state index is -1.32. The van der Waals surface area contributed by atoms with E-state index < -0.39 is 17.0 Å². The molecule has 0 aliphatic heterocycles. The summed E-state index contributed by atoms with van der Waals surface area (Å²) < 4.78 is 28.1. The molecule has 120 valence electrons. The standard InChI is InChI=1S/C21H16F2O/c1-15(24)21(16-7-3-2-4-8-16,17-11-13-18(22)14-12-17)19-9-5-6-10-20(19)23/h2-14H,1H3/t21-/m0/s1. The summed E-state index contributed by atoms with van der Waals surface area (Å²) in [5, 5.41) is 0. The third-order valence-corrected chi connectivity index (χ3v) is 4.29. The molecule has 0 bridgehead atoms. The van der Waals surface area contributed by atoms with E-state index in [9.17, 15) is 13.6 Å². The maximum Gasteiger partial charge on any atom is 0.149 e. The van der Waals surface area contributed by atoms with E-state index in [2.05, 4.69) is 0 Å². The summed E-state index contributed by atoms with van der Waals surface area (Å²) in [6.07, 6.45) is 0. The highest BCUT2D eigenvalue weighted by molar-refractivity contribution is 5.96. The van der Waals surface area contributed by atoms with Crippen molar-refractivity contribution in [2.75, 3.05) is 0 Å². The van der Waals surface area contributed by atoms with Gasteiger partial charge in [0.25, 0.3) is 0 Å². The molecule has 3 heteroatoms. The SMILES string of the molecule is CC(=O)[C@](c1ccccc1)(c1ccc(F)cc1)c1ccccc1F. The fraction of sp³-hybridized carbons (Fsp3) is 0.0952. The molecule has 3 aromatic carbocycles. The summed E-state index contributed by atoms with van der Waals surface area (Å²) in [5.74, 6) is -1.11. The van der Waals surface area contributed by atoms with Gasteiger partial charge in [-0.15, -0.1) is 0 Å². The van der Waals surface area contributed by atoms with Crippen molar-refractivity contribution in [3.05, 3.63) is 107 Å². The molecule has 3 aromatic rings. The maximum absolute atomic E-state index is 14.7. The van der Waals surface area contributed by atoms with Gasteiger partial charge in [-0.25, -0.2) is 8.78 Å². The van der Waals surface area contributed by atoms with Gasteiger partial charge in [-0.1, -0.05) is 60.7 Å². The Morgan fingerprint density at radius 3 is 1.88 bits per heavy atom. The van der Waals surface area contributed by atoms with Crippen LogP contribution in [0.15, 0.2) is 78.9 Å². The number of hydrogen-bond donors (Lipinski definition) is 0. The first-order valence-corrected chi connectivity index (χ1v) is 7.64. The van der Waals surface area contributed by atoms with E-state index >= 15 is 0 Å². The van der Waals surface area contributed by atoms with Crippen LogP contribution in [0.4, 0.5) is 8.78 Å². The van der Waals surface area contributed by atoms with Crippen molar-refractivity contribution >= 4 is 5.78 Å². The molecule has 1 nitrogen and oxygen atoms in total. The monoisotopic (exact) mass is 322 g/mol. The Kier molecular flexibility index (Phi) is 4.26. The molecular formula is C21H16F2O. The number of Topliss-reactive ketones (excluding diaryl/α,β-unsaturated/α-hetero) is 1. The van der Waals surface area contributed by atoms with Crippen molar-refractivity contribution in [1.29, 1.82) is 0 Å². The summed E-state index contributed by atoms with van der Waals surface area (Å²) in [5.41, 5.74) is 0.123. The zero-order chi connectivity index (χ0) is 17.2. The van der Waals surface area contributed by atoms with E-state index in [0.717, 1.165) is 0 Å². The smallest absolute Gasteiger partial charge is 0.149 e. The number of carbonyl (C=O) groups is 1. The quantitative estimate of drug-likeness (QED) is 0.625. The van der Waals surface area contributed by atoms with Crippen molar-refractivity contribution in [2.45, 2.75) is 12.3 Å². The molecule has 3 rings (SSSR count). The third-order valence-electron chi connectivity index (χ3n) is 4.29. The van der Waals surface area contributed by atoms with E-state index in [4.69, 9.17) is 0 Å². The van der Waals surface area contributed by atoms with Crippen LogP contribution in [-0.2, 0) is 10.2 Å². The van der Waals surface area contributed by atoms with Gasteiger partial charge < -0.3 is 0 Å². The van der Waals surface area contributed by atoms with Crippen LogP contribution in [-0.4, -0.2) is 5.78 Å². The van der Waals surface area contributed by atoms with Crippen LogP contribution in [0, 0.1) is 11.6 Å². The lowest BCUT2D eigenvalue weighted by Gasteiger charge is -2.33. The predicted octanol–water partition coefficient (Wildman–Crippen LogP) is 4.89. The second-order valence-corrected chi connectivity index (χ2v) is 5.66. The van der Waals surface area contributed by atoms with E-state index in [0.29, 0.717) is 11.1 Å². The topological polar surface area (TPSA) is 17.1 Å². The van der Waals surface area contributed by atoms with Gasteiger partial charge in [-0.3, -0.25) is 4.79 Å². The molecule has 0 fully saturated rings. The molecule has 0 saturated carbocycles. The number of carbonyl (C=O) groups excluding carboxylic acids is 1. The van der Waals surface area contributed by atoms with Gasteiger partial charge >= 0.3 is 0 Å². The lowest BCUT2D eigenvalue weighted by atomic mass is 9.67. The summed E-state index contributed by atoms with van der Waals surface area (Å²) in [4.78, 5) is 12.8. The van der Waals surface area contributed by atoms with Gasteiger partial charge in [0.15, 0.2) is 0 Å². The first-order chi connectivity index (χ1) is 11.6. The van der Waals surface area contributed by atoms with Gasteiger partial charge in [0, 0.05) is 5.56 Å². The van der Waals surface area contributed by atoms with Crippen molar-refractivity contribution < 1.29 is 13.6 Å². The first-order valence-electron chi connectivity index (χ1n) is 7.64. The van der Waals surface area contributed by atoms with Crippen LogP contribution in [0.3, 0.4) is 0 Å². The lowest BCUT2D eigenvalue weighted by Crippen LogP contribution is -2.37. The van der Waals surface area contributed by atoms with Gasteiger partial charge in [-0.2, -0.15) is 0 Å². The third kappa shape index (κ3) is 2.52. The number of halogens is 2. The normalized spacial score (nSPS) is 13.3. The summed E-state index contributed by atoms with van der Waals surface area (Å²) in [6, 6.07) is 20.9. The summed E-state index contributed by atoms with van der Waals surface area (Å²) >= 11 is 0. The van der Waals surface area contributed by atoms with Gasteiger partial charge in [0.2, 0.25) is 0 Å². The van der Waals surface area contributed by atoms with Gasteiger partial charge in [0.1, 0.15) is 22.8 Å². The van der Waals surface area contributed by atoms with Crippen LogP contribution in [0.25, 0.3) is 0 Å². The molecule has 0 saturated heterocycles. The zero-order valence-corrected chi connectivity index (χ0v) is 13.2. The fourth-order valence-electron chi connectivity index (χ4n) is 3.23. The molecule has 24 heavy (non-hydrogen) atoms. The van der Waals surface area contributed by atoms with Crippen LogP contribution in [0.1, 0.15) is 23.6 Å². The van der Waals surface area contributed by atoms with E-state index in [1.165, 1.54) is 37.3 Å². The average molecular weight is 322 g/mol. The number of benzene rings is 3. The number of hydrogen-bond acceptors (Lipinski definition) is 1. The Morgan fingerprint density at radius 2 is 1.29 bits per heavy atom. The highest BCUT2D eigenvalue weighted by atomic mass is 19.1. The van der Waals surface area contributed by atoms with Crippen LogP contribution < -0.4 is 0 Å². The van der Waals surface area contributed by atoms with Gasteiger partial charge in [0.05, 0.1) is 0 Å². The van der Waals surface area contributed by atoms with E-state index in [-0.39, 0.29) is 11.3 Å². The van der Waals surface area contributed by atoms with Gasteiger partial charge in [-0.05, 0) is 36.2 Å². The van der Waals surface area contributed by atoms with Crippen LogP contribution >= 0.6 is 0 Å². The molecule has 0 aliphatic rings. The second-order valence-electron chi connectivity index (χ2n) is 5.66. The van der Waals surface area contributed by atoms with E-state index in [1.54, 1.807) is 42.5 Å². The maximum atomic E-state index is 14.7. The predicted molar refractivity (Wildman–Crippen MR) is 89.8 cm³/mol. The number of ketones is 1. The first kappa shape index (κ1) is 16.1. The van der Waals surface area contributed by atoms with Crippen molar-refractivity contribution in [3.8, 4) is 0 Å². The second kappa shape index (κ2) is 6.36. The summed E-state index contributed by atoms with van der Waals surface area (Å²) in [7, 11) is 0. The average Bonchev–Trinajstić information content (AvgIpc) is 2.59. The molecular weight excluding hydrogens is 306 g/mol. The van der Waals surface area contributed by atoms with E-state index in [1.807, 2.05) is 6.07 Å². The highest BCUT2D eigenvalue weighted by Crippen LogP contribution is 2.41. The Hall–Kier alpha value is -2.81. The molecule has 0 heterocycles. The Balaban J connectivity index is 2.41. The van der Waals surface area contributed by atoms with Crippen LogP contribution in [0.5, 0.6) is 0 Å². The minimum absolute atomic E-state index is 0.231. The Bertz CT molecular complexity index is 857. The molecule has 0 N–H and O–H groups in total. The molecule has 0 radical (unpaired) electrons. The van der Waals surface area contributed by atoms with Crippen molar-refractivity contribution in [3.63, 3.8) is 0 Å². The Morgan fingerprint density at radius 1 is 0.750 bits per heavy atom. The highest BCUT2D eigenvalue weighted by Gasteiger charge is 2.42. The summed E-state index contributed by atoms with van der Waals surface area (Å²) in [6.45, 7) is 1.43. The lowest BCUT2D eigenvalue weighted by molar-refractivity contribution is -0.120.